The highest BCUT2D eigenvalue weighted by Crippen LogP contribution is 2.23. The molecule has 1 aliphatic rings. The Morgan fingerprint density at radius 2 is 1.94 bits per heavy atom. The van der Waals surface area contributed by atoms with Gasteiger partial charge in [-0.15, -0.1) is 0 Å². The monoisotopic (exact) mass is 242 g/mol. The largest absolute Gasteiger partial charge is 0.444 e. The summed E-state index contributed by atoms with van der Waals surface area (Å²) in [7, 11) is 3.44. The van der Waals surface area contributed by atoms with Gasteiger partial charge in [0, 0.05) is 33.1 Å². The normalized spacial score (nSPS) is 19.6. The van der Waals surface area contributed by atoms with Crippen LogP contribution in [0.5, 0.6) is 0 Å². The van der Waals surface area contributed by atoms with Crippen LogP contribution >= 0.6 is 0 Å². The maximum atomic E-state index is 11.8. The summed E-state index contributed by atoms with van der Waals surface area (Å²) in [5.74, 6) is 0.0447. The van der Waals surface area contributed by atoms with Crippen molar-refractivity contribution in [1.82, 2.24) is 9.80 Å². The van der Waals surface area contributed by atoms with E-state index in [1.165, 1.54) is 0 Å². The lowest BCUT2D eigenvalue weighted by Crippen LogP contribution is -2.54. The second-order valence-corrected chi connectivity index (χ2v) is 5.61. The summed E-state index contributed by atoms with van der Waals surface area (Å²) in [6.45, 7) is 6.19. The lowest BCUT2D eigenvalue weighted by atomic mass is 10.00. The van der Waals surface area contributed by atoms with E-state index in [1.807, 2.05) is 20.8 Å². The van der Waals surface area contributed by atoms with Crippen LogP contribution < -0.4 is 0 Å². The van der Waals surface area contributed by atoms with Gasteiger partial charge in [-0.3, -0.25) is 4.79 Å². The first kappa shape index (κ1) is 13.8. The standard InChI is InChI=1S/C12H22N2O3/c1-12(2,3)17-11(16)14-7-6-9(14)8-10(15)13(4)5/h9H,6-8H2,1-5H3/t9-/m0/s1. The highest BCUT2D eigenvalue weighted by atomic mass is 16.6. The molecule has 0 aromatic carbocycles. The molecule has 0 N–H and O–H groups in total. The Kier molecular flexibility index (Phi) is 4.01. The average molecular weight is 242 g/mol. The topological polar surface area (TPSA) is 49.9 Å². The van der Waals surface area contributed by atoms with Crippen molar-refractivity contribution < 1.29 is 14.3 Å². The van der Waals surface area contributed by atoms with E-state index in [-0.39, 0.29) is 18.0 Å². The number of hydrogen-bond acceptors (Lipinski definition) is 3. The van der Waals surface area contributed by atoms with Gasteiger partial charge < -0.3 is 14.5 Å². The third-order valence-corrected chi connectivity index (χ3v) is 2.68. The van der Waals surface area contributed by atoms with Gasteiger partial charge >= 0.3 is 6.09 Å². The van der Waals surface area contributed by atoms with Crippen LogP contribution in [-0.2, 0) is 9.53 Å². The molecule has 1 rings (SSSR count). The van der Waals surface area contributed by atoms with Gasteiger partial charge in [0.2, 0.25) is 5.91 Å². The average Bonchev–Trinajstić information content (AvgIpc) is 2.08. The number of carbonyl (C=O) groups excluding carboxylic acids is 2. The maximum Gasteiger partial charge on any atom is 0.410 e. The van der Waals surface area contributed by atoms with Gasteiger partial charge in [-0.1, -0.05) is 0 Å². The number of ether oxygens (including phenoxy) is 1. The van der Waals surface area contributed by atoms with Crippen LogP contribution in [0.4, 0.5) is 4.79 Å². The summed E-state index contributed by atoms with van der Waals surface area (Å²) >= 11 is 0. The number of nitrogens with zero attached hydrogens (tertiary/aromatic N) is 2. The second-order valence-electron chi connectivity index (χ2n) is 5.61. The minimum Gasteiger partial charge on any atom is -0.444 e. The summed E-state index contributed by atoms with van der Waals surface area (Å²) in [6, 6.07) is -0.000231. The zero-order valence-corrected chi connectivity index (χ0v) is 11.3. The molecule has 5 heteroatoms. The molecule has 0 aromatic rings. The Hall–Kier alpha value is -1.26. The molecule has 1 aliphatic heterocycles. The van der Waals surface area contributed by atoms with Gasteiger partial charge in [-0.05, 0) is 27.2 Å². The number of rotatable bonds is 2. The molecule has 1 heterocycles. The summed E-state index contributed by atoms with van der Waals surface area (Å²) in [4.78, 5) is 26.5. The zero-order valence-electron chi connectivity index (χ0n) is 11.3. The molecule has 2 amide bonds. The van der Waals surface area contributed by atoms with Crippen molar-refractivity contribution >= 4 is 12.0 Å². The molecule has 0 saturated carbocycles. The predicted molar refractivity (Wildman–Crippen MR) is 64.7 cm³/mol. The molecular formula is C12H22N2O3. The molecule has 1 fully saturated rings. The molecule has 17 heavy (non-hydrogen) atoms. The van der Waals surface area contributed by atoms with E-state index in [0.717, 1.165) is 6.42 Å². The van der Waals surface area contributed by atoms with E-state index in [2.05, 4.69) is 0 Å². The third-order valence-electron chi connectivity index (χ3n) is 2.68. The highest BCUT2D eigenvalue weighted by Gasteiger charge is 2.36. The maximum absolute atomic E-state index is 11.8. The number of likely N-dealkylation sites (tertiary alicyclic amines) is 1. The first-order chi connectivity index (χ1) is 7.70. The van der Waals surface area contributed by atoms with Crippen molar-refractivity contribution in [2.45, 2.75) is 45.3 Å². The molecule has 5 nitrogen and oxygen atoms in total. The second kappa shape index (κ2) is 4.94. The van der Waals surface area contributed by atoms with Crippen LogP contribution in [-0.4, -0.2) is 54.1 Å². The summed E-state index contributed by atoms with van der Waals surface area (Å²) in [6.07, 6.45) is 0.936. The van der Waals surface area contributed by atoms with E-state index in [1.54, 1.807) is 23.9 Å². The minimum atomic E-state index is -0.483. The van der Waals surface area contributed by atoms with Gasteiger partial charge in [0.15, 0.2) is 0 Å². The van der Waals surface area contributed by atoms with Gasteiger partial charge in [0.05, 0.1) is 0 Å². The summed E-state index contributed by atoms with van der Waals surface area (Å²) < 4.78 is 5.28. The van der Waals surface area contributed by atoms with Crippen LogP contribution in [0.1, 0.15) is 33.6 Å². The Balaban J connectivity index is 2.46. The van der Waals surface area contributed by atoms with Crippen molar-refractivity contribution in [2.75, 3.05) is 20.6 Å². The molecule has 0 radical (unpaired) electrons. The lowest BCUT2D eigenvalue weighted by molar-refractivity contribution is -0.130. The van der Waals surface area contributed by atoms with Crippen LogP contribution in [0.3, 0.4) is 0 Å². The molecular weight excluding hydrogens is 220 g/mol. The Morgan fingerprint density at radius 1 is 1.35 bits per heavy atom. The van der Waals surface area contributed by atoms with Crippen molar-refractivity contribution in [3.05, 3.63) is 0 Å². The molecule has 0 bridgehead atoms. The molecule has 98 valence electrons. The van der Waals surface area contributed by atoms with Crippen LogP contribution in [0, 0.1) is 0 Å². The first-order valence-corrected chi connectivity index (χ1v) is 5.90. The summed E-state index contributed by atoms with van der Waals surface area (Å²) in [5.41, 5.74) is -0.483. The fraction of sp³-hybridized carbons (Fsp3) is 0.833. The van der Waals surface area contributed by atoms with Crippen LogP contribution in [0.2, 0.25) is 0 Å². The van der Waals surface area contributed by atoms with E-state index in [4.69, 9.17) is 4.74 Å². The van der Waals surface area contributed by atoms with Crippen molar-refractivity contribution in [2.24, 2.45) is 0 Å². The Bertz CT molecular complexity index is 307. The molecule has 1 atom stereocenters. The highest BCUT2D eigenvalue weighted by molar-refractivity contribution is 5.78. The third kappa shape index (κ3) is 3.91. The van der Waals surface area contributed by atoms with Crippen molar-refractivity contribution in [1.29, 1.82) is 0 Å². The van der Waals surface area contributed by atoms with E-state index in [9.17, 15) is 9.59 Å². The zero-order chi connectivity index (χ0) is 13.2. The van der Waals surface area contributed by atoms with E-state index < -0.39 is 5.60 Å². The number of hydrogen-bond donors (Lipinski definition) is 0. The van der Waals surface area contributed by atoms with E-state index in [0.29, 0.717) is 13.0 Å². The molecule has 0 spiro atoms. The van der Waals surface area contributed by atoms with Crippen molar-refractivity contribution in [3.63, 3.8) is 0 Å². The minimum absolute atomic E-state index is 0.000231. The van der Waals surface area contributed by atoms with Gasteiger partial charge in [-0.2, -0.15) is 0 Å². The first-order valence-electron chi connectivity index (χ1n) is 5.90. The van der Waals surface area contributed by atoms with Gasteiger partial charge in [0.25, 0.3) is 0 Å². The molecule has 1 saturated heterocycles. The van der Waals surface area contributed by atoms with Gasteiger partial charge in [-0.25, -0.2) is 4.79 Å². The summed E-state index contributed by atoms with van der Waals surface area (Å²) in [5, 5.41) is 0. The number of carbonyl (C=O) groups is 2. The smallest absolute Gasteiger partial charge is 0.410 e. The van der Waals surface area contributed by atoms with Crippen LogP contribution in [0.25, 0.3) is 0 Å². The molecule has 0 unspecified atom stereocenters. The quantitative estimate of drug-likeness (QED) is 0.737. The Labute approximate surface area is 103 Å². The Morgan fingerprint density at radius 3 is 2.29 bits per heavy atom. The van der Waals surface area contributed by atoms with Crippen molar-refractivity contribution in [3.8, 4) is 0 Å². The SMILES string of the molecule is CN(C)C(=O)C[C@@H]1CCN1C(=O)OC(C)(C)C. The van der Waals surface area contributed by atoms with Gasteiger partial charge in [0.1, 0.15) is 5.60 Å². The van der Waals surface area contributed by atoms with Crippen LogP contribution in [0.15, 0.2) is 0 Å². The fourth-order valence-electron chi connectivity index (χ4n) is 1.60. The number of amides is 2. The predicted octanol–water partition coefficient (Wildman–Crippen LogP) is 1.47. The van der Waals surface area contributed by atoms with E-state index >= 15 is 0 Å². The molecule has 0 aliphatic carbocycles. The fourth-order valence-corrected chi connectivity index (χ4v) is 1.60. The molecule has 0 aromatic heterocycles. The lowest BCUT2D eigenvalue weighted by Gasteiger charge is -2.41.